The van der Waals surface area contributed by atoms with Crippen LogP contribution in [0.25, 0.3) is 0 Å². The second-order valence-electron chi connectivity index (χ2n) is 5.75. The van der Waals surface area contributed by atoms with Crippen molar-refractivity contribution in [2.45, 2.75) is 19.4 Å². The lowest BCUT2D eigenvalue weighted by molar-refractivity contribution is -0.123. The van der Waals surface area contributed by atoms with Crippen molar-refractivity contribution in [2.75, 3.05) is 6.54 Å². The average Bonchev–Trinajstić information content (AvgIpc) is 3.12. The maximum absolute atomic E-state index is 12.3. The van der Waals surface area contributed by atoms with E-state index in [2.05, 4.69) is 10.3 Å². The standard InChI is InChI=1S/C16H15N3O3S/c1-16(2,15-17-7-8-23-15)18-12(20)9-19-13(21)10-5-3-4-6-11(10)14(19)22/h3-8H,9H2,1-2H3,(H,18,20). The summed E-state index contributed by atoms with van der Waals surface area (Å²) < 4.78 is 0. The number of thiazole rings is 1. The molecule has 1 aliphatic rings. The molecular formula is C16H15N3O3S. The summed E-state index contributed by atoms with van der Waals surface area (Å²) >= 11 is 1.43. The quantitative estimate of drug-likeness (QED) is 0.867. The molecule has 3 amide bonds. The third kappa shape index (κ3) is 2.75. The van der Waals surface area contributed by atoms with Gasteiger partial charge in [-0.2, -0.15) is 0 Å². The van der Waals surface area contributed by atoms with Gasteiger partial charge in [-0.1, -0.05) is 12.1 Å². The van der Waals surface area contributed by atoms with E-state index in [9.17, 15) is 14.4 Å². The minimum Gasteiger partial charge on any atom is -0.343 e. The number of aromatic nitrogens is 1. The van der Waals surface area contributed by atoms with Crippen LogP contribution in [0.2, 0.25) is 0 Å². The Morgan fingerprint density at radius 2 is 1.83 bits per heavy atom. The van der Waals surface area contributed by atoms with E-state index in [1.54, 1.807) is 30.5 Å². The lowest BCUT2D eigenvalue weighted by atomic mass is 10.1. The van der Waals surface area contributed by atoms with Crippen LogP contribution >= 0.6 is 11.3 Å². The zero-order valence-corrected chi connectivity index (χ0v) is 13.5. The summed E-state index contributed by atoms with van der Waals surface area (Å²) in [5.74, 6) is -1.28. The molecule has 0 fully saturated rings. The average molecular weight is 329 g/mol. The zero-order chi connectivity index (χ0) is 16.6. The van der Waals surface area contributed by atoms with Crippen LogP contribution in [0.5, 0.6) is 0 Å². The molecule has 2 aromatic rings. The van der Waals surface area contributed by atoms with Crippen LogP contribution < -0.4 is 5.32 Å². The molecule has 3 rings (SSSR count). The highest BCUT2D eigenvalue weighted by Gasteiger charge is 2.37. The molecule has 1 aromatic heterocycles. The number of rotatable bonds is 4. The summed E-state index contributed by atoms with van der Waals surface area (Å²) in [7, 11) is 0. The van der Waals surface area contributed by atoms with E-state index < -0.39 is 23.3 Å². The Kier molecular flexibility index (Phi) is 3.73. The van der Waals surface area contributed by atoms with Gasteiger partial charge in [-0.3, -0.25) is 19.3 Å². The number of nitrogens with one attached hydrogen (secondary N) is 1. The molecule has 0 aliphatic carbocycles. The van der Waals surface area contributed by atoms with Crippen molar-refractivity contribution in [2.24, 2.45) is 0 Å². The first-order chi connectivity index (χ1) is 10.9. The van der Waals surface area contributed by atoms with Crippen molar-refractivity contribution in [3.05, 3.63) is 52.0 Å². The number of hydrogen-bond acceptors (Lipinski definition) is 5. The highest BCUT2D eigenvalue weighted by atomic mass is 32.1. The van der Waals surface area contributed by atoms with E-state index in [1.165, 1.54) is 11.3 Å². The van der Waals surface area contributed by atoms with Crippen molar-refractivity contribution in [3.63, 3.8) is 0 Å². The van der Waals surface area contributed by atoms with Gasteiger partial charge >= 0.3 is 0 Å². The van der Waals surface area contributed by atoms with Crippen molar-refractivity contribution < 1.29 is 14.4 Å². The van der Waals surface area contributed by atoms with Gasteiger partial charge in [0.2, 0.25) is 5.91 Å². The number of carbonyl (C=O) groups is 3. The van der Waals surface area contributed by atoms with Crippen LogP contribution in [-0.2, 0) is 10.3 Å². The number of hydrogen-bond donors (Lipinski definition) is 1. The van der Waals surface area contributed by atoms with E-state index in [-0.39, 0.29) is 6.54 Å². The lowest BCUT2D eigenvalue weighted by Crippen LogP contribution is -2.47. The third-order valence-electron chi connectivity index (χ3n) is 3.60. The fraction of sp³-hybridized carbons (Fsp3) is 0.250. The molecule has 0 unspecified atom stereocenters. The van der Waals surface area contributed by atoms with Gasteiger partial charge in [0.25, 0.3) is 11.8 Å². The van der Waals surface area contributed by atoms with Crippen LogP contribution in [0.4, 0.5) is 0 Å². The summed E-state index contributed by atoms with van der Waals surface area (Å²) in [6.07, 6.45) is 1.66. The Hall–Kier alpha value is -2.54. The molecule has 118 valence electrons. The first-order valence-corrected chi connectivity index (χ1v) is 7.94. The summed E-state index contributed by atoms with van der Waals surface area (Å²) in [6.45, 7) is 3.35. The maximum Gasteiger partial charge on any atom is 0.262 e. The monoisotopic (exact) mass is 329 g/mol. The predicted octanol–water partition coefficient (Wildman–Crippen LogP) is 1.79. The second kappa shape index (κ2) is 5.58. The molecule has 7 heteroatoms. The molecule has 6 nitrogen and oxygen atoms in total. The highest BCUT2D eigenvalue weighted by molar-refractivity contribution is 7.09. The first-order valence-electron chi connectivity index (χ1n) is 7.06. The third-order valence-corrected chi connectivity index (χ3v) is 4.70. The van der Waals surface area contributed by atoms with E-state index in [0.717, 1.165) is 9.91 Å². The Morgan fingerprint density at radius 1 is 1.22 bits per heavy atom. The summed E-state index contributed by atoms with van der Waals surface area (Å²) in [6, 6.07) is 6.57. The molecule has 0 atom stereocenters. The molecule has 0 bridgehead atoms. The summed E-state index contributed by atoms with van der Waals surface area (Å²) in [4.78, 5) is 41.9. The lowest BCUT2D eigenvalue weighted by Gasteiger charge is -2.25. The van der Waals surface area contributed by atoms with Gasteiger partial charge in [0.15, 0.2) is 0 Å². The SMILES string of the molecule is CC(C)(NC(=O)CN1C(=O)c2ccccc2C1=O)c1nccs1. The molecule has 23 heavy (non-hydrogen) atoms. The highest BCUT2D eigenvalue weighted by Crippen LogP contribution is 2.24. The van der Waals surface area contributed by atoms with Crippen LogP contribution in [0.15, 0.2) is 35.8 Å². The Morgan fingerprint density at radius 3 is 2.35 bits per heavy atom. The van der Waals surface area contributed by atoms with Crippen LogP contribution in [-0.4, -0.2) is 34.2 Å². The van der Waals surface area contributed by atoms with Gasteiger partial charge in [-0.25, -0.2) is 4.98 Å². The minimum absolute atomic E-state index is 0.304. The smallest absolute Gasteiger partial charge is 0.262 e. The predicted molar refractivity (Wildman–Crippen MR) is 85.1 cm³/mol. The second-order valence-corrected chi connectivity index (χ2v) is 6.65. The molecule has 1 aliphatic heterocycles. The number of benzene rings is 1. The van der Waals surface area contributed by atoms with Crippen molar-refractivity contribution in [3.8, 4) is 0 Å². The van der Waals surface area contributed by atoms with E-state index in [4.69, 9.17) is 0 Å². The fourth-order valence-electron chi connectivity index (χ4n) is 2.50. The van der Waals surface area contributed by atoms with Crippen molar-refractivity contribution in [1.29, 1.82) is 0 Å². The molecular weight excluding hydrogens is 314 g/mol. The van der Waals surface area contributed by atoms with Gasteiger partial charge in [0, 0.05) is 11.6 Å². The van der Waals surface area contributed by atoms with Gasteiger partial charge in [0.05, 0.1) is 16.7 Å². The van der Waals surface area contributed by atoms with Gasteiger partial charge in [-0.05, 0) is 26.0 Å². The van der Waals surface area contributed by atoms with Crippen LogP contribution in [0.1, 0.15) is 39.6 Å². The molecule has 0 spiro atoms. The number of carbonyl (C=O) groups excluding carboxylic acids is 3. The number of amides is 3. The van der Waals surface area contributed by atoms with E-state index in [1.807, 2.05) is 19.2 Å². The zero-order valence-electron chi connectivity index (χ0n) is 12.7. The molecule has 1 N–H and O–H groups in total. The van der Waals surface area contributed by atoms with Gasteiger partial charge in [-0.15, -0.1) is 11.3 Å². The van der Waals surface area contributed by atoms with Crippen molar-refractivity contribution in [1.82, 2.24) is 15.2 Å². The number of imide groups is 1. The van der Waals surface area contributed by atoms with Crippen LogP contribution in [0, 0.1) is 0 Å². The van der Waals surface area contributed by atoms with Crippen LogP contribution in [0.3, 0.4) is 0 Å². The summed E-state index contributed by atoms with van der Waals surface area (Å²) in [5.41, 5.74) is 0.0122. The molecule has 0 saturated heterocycles. The Balaban J connectivity index is 1.72. The topological polar surface area (TPSA) is 79.4 Å². The van der Waals surface area contributed by atoms with Gasteiger partial charge < -0.3 is 5.32 Å². The first kappa shape index (κ1) is 15.4. The Labute approximate surface area is 137 Å². The Bertz CT molecular complexity index is 749. The van der Waals surface area contributed by atoms with E-state index >= 15 is 0 Å². The normalized spacial score (nSPS) is 14.1. The molecule has 0 saturated carbocycles. The van der Waals surface area contributed by atoms with Crippen molar-refractivity contribution >= 4 is 29.1 Å². The fourth-order valence-corrected chi connectivity index (χ4v) is 3.22. The minimum atomic E-state index is -0.663. The number of fused-ring (bicyclic) bond motifs is 1. The number of nitrogens with zero attached hydrogens (tertiary/aromatic N) is 2. The maximum atomic E-state index is 12.3. The van der Waals surface area contributed by atoms with Gasteiger partial charge in [0.1, 0.15) is 11.6 Å². The molecule has 1 aromatic carbocycles. The molecule has 0 radical (unpaired) electrons. The summed E-state index contributed by atoms with van der Waals surface area (Å²) in [5, 5.41) is 5.40. The largest absolute Gasteiger partial charge is 0.343 e. The van der Waals surface area contributed by atoms with E-state index in [0.29, 0.717) is 11.1 Å². The molecule has 2 heterocycles.